The minimum Gasteiger partial charge on any atom is -0.354 e. The zero-order valence-corrected chi connectivity index (χ0v) is 19.3. The number of hydrogen-bond acceptors (Lipinski definition) is 6. The molecule has 1 amide bonds. The molecule has 0 aliphatic heterocycles. The van der Waals surface area contributed by atoms with Crippen LogP contribution < -0.4 is 10.6 Å². The zero-order valence-electron chi connectivity index (χ0n) is 17.7. The average Bonchev–Trinajstić information content (AvgIpc) is 3.60. The molecule has 0 spiro atoms. The Morgan fingerprint density at radius 3 is 2.47 bits per heavy atom. The first-order chi connectivity index (χ1) is 16.2. The number of pyridine rings is 1. The number of nitrogens with one attached hydrogen (secondary N) is 2. The van der Waals surface area contributed by atoms with Gasteiger partial charge in [0.1, 0.15) is 0 Å². The number of anilines is 2. The lowest BCUT2D eigenvalue weighted by Gasteiger charge is -2.16. The van der Waals surface area contributed by atoms with Gasteiger partial charge in [-0.05, 0) is 49.2 Å². The number of hydrogen-bond donors (Lipinski definition) is 2. The van der Waals surface area contributed by atoms with E-state index in [0.717, 1.165) is 6.07 Å². The fourth-order valence-corrected chi connectivity index (χ4v) is 3.84. The SMILES string of the molecule is O=C(CC1(C(=O)NCc2ccc(Nc3ccc(Br)cc3C(F)(F)F)cn2)CC1)c1ccnnc1. The number of aromatic nitrogens is 3. The van der Waals surface area contributed by atoms with Gasteiger partial charge in [-0.1, -0.05) is 15.9 Å². The summed E-state index contributed by atoms with van der Waals surface area (Å²) in [6, 6.07) is 8.61. The normalized spacial score (nSPS) is 14.4. The summed E-state index contributed by atoms with van der Waals surface area (Å²) in [4.78, 5) is 29.3. The molecule has 1 aliphatic carbocycles. The number of Topliss-reactive ketones (excluding diaryl/α,β-unsaturated/α-hetero) is 1. The molecule has 0 saturated heterocycles. The molecular formula is C23H19BrF3N5O2. The molecule has 176 valence electrons. The Labute approximate surface area is 201 Å². The van der Waals surface area contributed by atoms with Crippen LogP contribution in [-0.2, 0) is 17.5 Å². The molecule has 0 atom stereocenters. The number of carbonyl (C=O) groups is 2. The van der Waals surface area contributed by atoms with Crippen LogP contribution in [0.25, 0.3) is 0 Å². The van der Waals surface area contributed by atoms with Crippen molar-refractivity contribution in [3.63, 3.8) is 0 Å². The molecule has 1 fully saturated rings. The summed E-state index contributed by atoms with van der Waals surface area (Å²) in [6.45, 7) is 0.137. The molecular weight excluding hydrogens is 515 g/mol. The number of amides is 1. The summed E-state index contributed by atoms with van der Waals surface area (Å²) in [7, 11) is 0. The van der Waals surface area contributed by atoms with Crippen LogP contribution in [-0.4, -0.2) is 26.9 Å². The van der Waals surface area contributed by atoms with Gasteiger partial charge in [-0.2, -0.15) is 23.4 Å². The Bertz CT molecular complexity index is 1200. The van der Waals surface area contributed by atoms with Gasteiger partial charge in [-0.25, -0.2) is 0 Å². The average molecular weight is 534 g/mol. The van der Waals surface area contributed by atoms with Gasteiger partial charge in [-0.15, -0.1) is 0 Å². The van der Waals surface area contributed by atoms with E-state index >= 15 is 0 Å². The molecule has 2 N–H and O–H groups in total. The molecule has 11 heteroatoms. The van der Waals surface area contributed by atoms with E-state index in [4.69, 9.17) is 0 Å². The highest BCUT2D eigenvalue weighted by Gasteiger charge is 2.51. The maximum Gasteiger partial charge on any atom is 0.418 e. The van der Waals surface area contributed by atoms with Crippen molar-refractivity contribution >= 4 is 39.0 Å². The number of nitrogens with zero attached hydrogens (tertiary/aromatic N) is 3. The van der Waals surface area contributed by atoms with Gasteiger partial charge in [0.05, 0.1) is 53.2 Å². The van der Waals surface area contributed by atoms with Crippen molar-refractivity contribution < 1.29 is 22.8 Å². The lowest BCUT2D eigenvalue weighted by Crippen LogP contribution is -2.33. The van der Waals surface area contributed by atoms with E-state index in [1.165, 1.54) is 30.7 Å². The van der Waals surface area contributed by atoms with Crippen molar-refractivity contribution in [2.45, 2.75) is 32.0 Å². The lowest BCUT2D eigenvalue weighted by atomic mass is 9.95. The van der Waals surface area contributed by atoms with Crippen molar-refractivity contribution in [1.82, 2.24) is 20.5 Å². The van der Waals surface area contributed by atoms with Crippen molar-refractivity contribution in [1.29, 1.82) is 0 Å². The Balaban J connectivity index is 1.35. The second-order valence-electron chi connectivity index (χ2n) is 8.04. The van der Waals surface area contributed by atoms with Gasteiger partial charge in [0.25, 0.3) is 0 Å². The fourth-order valence-electron chi connectivity index (χ4n) is 3.48. The Morgan fingerprint density at radius 1 is 1.06 bits per heavy atom. The number of ketones is 1. The standard InChI is InChI=1S/C23H19BrF3N5O2/c24-15-1-4-19(18(9-15)23(25,26)27)32-17-3-2-16(28-13-17)12-29-21(34)22(6-7-22)10-20(33)14-5-8-30-31-11-14/h1-5,8-9,11,13,32H,6-7,10,12H2,(H,29,34). The topological polar surface area (TPSA) is 96.9 Å². The van der Waals surface area contributed by atoms with E-state index < -0.39 is 17.2 Å². The highest BCUT2D eigenvalue weighted by atomic mass is 79.9. The van der Waals surface area contributed by atoms with Crippen molar-refractivity contribution in [3.05, 3.63) is 76.3 Å². The summed E-state index contributed by atoms with van der Waals surface area (Å²) in [6.07, 6.45) is 1.02. The van der Waals surface area contributed by atoms with E-state index in [0.29, 0.717) is 34.3 Å². The largest absolute Gasteiger partial charge is 0.418 e. The van der Waals surface area contributed by atoms with Crippen molar-refractivity contribution in [3.8, 4) is 0 Å². The maximum atomic E-state index is 13.3. The minimum absolute atomic E-state index is 0.0928. The number of carbonyl (C=O) groups excluding carboxylic acids is 2. The van der Waals surface area contributed by atoms with Gasteiger partial charge in [0.15, 0.2) is 5.78 Å². The summed E-state index contributed by atoms with van der Waals surface area (Å²) in [5, 5.41) is 12.9. The Kier molecular flexibility index (Phi) is 6.65. The summed E-state index contributed by atoms with van der Waals surface area (Å²) in [5.41, 5.74) is -0.298. The molecule has 34 heavy (non-hydrogen) atoms. The first-order valence-corrected chi connectivity index (χ1v) is 11.1. The van der Waals surface area contributed by atoms with Crippen LogP contribution in [0.1, 0.15) is 40.9 Å². The molecule has 2 heterocycles. The van der Waals surface area contributed by atoms with E-state index in [-0.39, 0.29) is 30.3 Å². The minimum atomic E-state index is -4.52. The third-order valence-electron chi connectivity index (χ3n) is 5.56. The molecule has 2 aromatic heterocycles. The second kappa shape index (κ2) is 9.49. The molecule has 7 nitrogen and oxygen atoms in total. The third kappa shape index (κ3) is 5.58. The first kappa shape index (κ1) is 23.8. The van der Waals surface area contributed by atoms with Crippen LogP contribution in [0, 0.1) is 5.41 Å². The Hall–Kier alpha value is -3.34. The highest BCUT2D eigenvalue weighted by Crippen LogP contribution is 2.49. The molecule has 1 aliphatic rings. The monoisotopic (exact) mass is 533 g/mol. The Morgan fingerprint density at radius 2 is 1.85 bits per heavy atom. The van der Waals surface area contributed by atoms with Crippen LogP contribution in [0.3, 0.4) is 0 Å². The van der Waals surface area contributed by atoms with E-state index in [1.54, 1.807) is 18.2 Å². The van der Waals surface area contributed by atoms with Gasteiger partial charge >= 0.3 is 6.18 Å². The number of rotatable bonds is 8. The van der Waals surface area contributed by atoms with Crippen molar-refractivity contribution in [2.24, 2.45) is 5.41 Å². The van der Waals surface area contributed by atoms with E-state index in [1.807, 2.05) is 0 Å². The van der Waals surface area contributed by atoms with Crippen LogP contribution in [0.15, 0.2) is 59.5 Å². The molecule has 4 rings (SSSR count). The first-order valence-electron chi connectivity index (χ1n) is 10.3. The molecule has 0 bridgehead atoms. The summed E-state index contributed by atoms with van der Waals surface area (Å²) in [5.74, 6) is -0.390. The maximum absolute atomic E-state index is 13.3. The molecule has 0 radical (unpaired) electrons. The van der Waals surface area contributed by atoms with Crippen LogP contribution in [0.4, 0.5) is 24.5 Å². The van der Waals surface area contributed by atoms with Crippen molar-refractivity contribution in [2.75, 3.05) is 5.32 Å². The van der Waals surface area contributed by atoms with Gasteiger partial charge in [0, 0.05) is 16.5 Å². The number of alkyl halides is 3. The van der Waals surface area contributed by atoms with Gasteiger partial charge in [0.2, 0.25) is 5.91 Å². The third-order valence-corrected chi connectivity index (χ3v) is 6.05. The smallest absolute Gasteiger partial charge is 0.354 e. The summed E-state index contributed by atoms with van der Waals surface area (Å²) < 4.78 is 40.2. The quantitative estimate of drug-likeness (QED) is 0.392. The molecule has 3 aromatic rings. The van der Waals surface area contributed by atoms with E-state index in [2.05, 4.69) is 41.7 Å². The van der Waals surface area contributed by atoms with Gasteiger partial charge < -0.3 is 10.6 Å². The predicted octanol–water partition coefficient (Wildman–Crippen LogP) is 5.07. The lowest BCUT2D eigenvalue weighted by molar-refractivity contribution is -0.137. The molecule has 1 aromatic carbocycles. The molecule has 0 unspecified atom stereocenters. The second-order valence-corrected chi connectivity index (χ2v) is 8.96. The highest BCUT2D eigenvalue weighted by molar-refractivity contribution is 9.10. The van der Waals surface area contributed by atoms with Crippen LogP contribution in [0.5, 0.6) is 0 Å². The number of benzene rings is 1. The zero-order chi connectivity index (χ0) is 24.3. The van der Waals surface area contributed by atoms with Crippen LogP contribution in [0.2, 0.25) is 0 Å². The molecule has 1 saturated carbocycles. The predicted molar refractivity (Wildman–Crippen MR) is 121 cm³/mol. The number of halogens is 4. The summed E-state index contributed by atoms with van der Waals surface area (Å²) >= 11 is 3.06. The van der Waals surface area contributed by atoms with Gasteiger partial charge in [-0.3, -0.25) is 14.6 Å². The fraction of sp³-hybridized carbons (Fsp3) is 0.261. The van der Waals surface area contributed by atoms with E-state index in [9.17, 15) is 22.8 Å². The van der Waals surface area contributed by atoms with Crippen LogP contribution >= 0.6 is 15.9 Å².